The number of nitrogens with two attached hydrogens (primary N) is 1. The van der Waals surface area contributed by atoms with Gasteiger partial charge in [0.2, 0.25) is 0 Å². The van der Waals surface area contributed by atoms with Crippen LogP contribution in [0.5, 0.6) is 0 Å². The van der Waals surface area contributed by atoms with Crippen LogP contribution in [0.4, 0.5) is 14.5 Å². The molecule has 5 nitrogen and oxygen atoms in total. The molecule has 4 rings (SSSR count). The summed E-state index contributed by atoms with van der Waals surface area (Å²) in [6.45, 7) is 0. The molecule has 2 amide bonds. The normalized spacial score (nSPS) is 17.8. The number of fused-ring (bicyclic) bond motifs is 1. The molecule has 1 aliphatic carbocycles. The van der Waals surface area contributed by atoms with E-state index in [1.165, 1.54) is 36.0 Å². The van der Waals surface area contributed by atoms with Gasteiger partial charge in [-0.25, -0.2) is 8.78 Å². The number of nitrogens with zero attached hydrogens (tertiary/aromatic N) is 1. The lowest BCUT2D eigenvalue weighted by atomic mass is 10.0. The highest BCUT2D eigenvalue weighted by molar-refractivity contribution is 8.04. The fraction of sp³-hybridized carbons (Fsp3) is 0.200. The van der Waals surface area contributed by atoms with E-state index in [4.69, 9.17) is 17.3 Å². The summed E-state index contributed by atoms with van der Waals surface area (Å²) in [5, 5.41) is 2.58. The molecule has 9 heteroatoms. The van der Waals surface area contributed by atoms with Crippen molar-refractivity contribution < 1.29 is 18.4 Å². The van der Waals surface area contributed by atoms with E-state index in [9.17, 15) is 18.4 Å². The summed E-state index contributed by atoms with van der Waals surface area (Å²) in [5.74, 6) is -1.42. The fourth-order valence-corrected chi connectivity index (χ4v) is 4.77. The second-order valence-electron chi connectivity index (χ2n) is 6.77. The first-order valence-electron chi connectivity index (χ1n) is 8.83. The Hall–Kier alpha value is -2.58. The highest BCUT2D eigenvalue weighted by atomic mass is 35.5. The first kappa shape index (κ1) is 19.7. The molecule has 0 unspecified atom stereocenters. The zero-order valence-electron chi connectivity index (χ0n) is 15.0. The van der Waals surface area contributed by atoms with Gasteiger partial charge in [0.05, 0.1) is 21.8 Å². The summed E-state index contributed by atoms with van der Waals surface area (Å²) < 4.78 is 28.0. The van der Waals surface area contributed by atoms with Crippen LogP contribution in [-0.2, 0) is 11.2 Å². The van der Waals surface area contributed by atoms with Crippen LogP contribution in [0.2, 0.25) is 5.02 Å². The summed E-state index contributed by atoms with van der Waals surface area (Å²) in [5.41, 5.74) is 7.12. The Morgan fingerprint density at radius 1 is 1.21 bits per heavy atom. The van der Waals surface area contributed by atoms with Crippen molar-refractivity contribution >= 4 is 40.9 Å². The number of thioether (sulfide) groups is 1. The van der Waals surface area contributed by atoms with Crippen molar-refractivity contribution in [3.63, 3.8) is 0 Å². The molecule has 1 heterocycles. The van der Waals surface area contributed by atoms with Crippen molar-refractivity contribution in [3.8, 4) is 0 Å². The molecule has 3 N–H and O–H groups in total. The predicted octanol–water partition coefficient (Wildman–Crippen LogP) is 4.19. The smallest absolute Gasteiger partial charge is 0.256 e. The SMILES string of the molecule is NC(=O)C1=CN([C@H]2CCc3c(C(=O)Nc4ccc(F)c(Cl)c4)ccc(F)c32)CS1. The number of halogens is 3. The molecule has 1 aliphatic heterocycles. The number of primary amides is 1. The minimum Gasteiger partial charge on any atom is -0.365 e. The predicted molar refractivity (Wildman–Crippen MR) is 108 cm³/mol. The van der Waals surface area contributed by atoms with Crippen LogP contribution >= 0.6 is 23.4 Å². The zero-order chi connectivity index (χ0) is 20.7. The van der Waals surface area contributed by atoms with Crippen LogP contribution in [-0.4, -0.2) is 22.6 Å². The number of nitrogens with one attached hydrogen (secondary N) is 1. The van der Waals surface area contributed by atoms with Crippen LogP contribution in [0.1, 0.15) is 33.9 Å². The second kappa shape index (κ2) is 7.68. The summed E-state index contributed by atoms with van der Waals surface area (Å²) in [4.78, 5) is 26.5. The number of benzene rings is 2. The van der Waals surface area contributed by atoms with Crippen LogP contribution in [0.25, 0.3) is 0 Å². The Kier molecular flexibility index (Phi) is 5.23. The van der Waals surface area contributed by atoms with Gasteiger partial charge in [0.1, 0.15) is 11.6 Å². The molecule has 2 aliphatic rings. The molecule has 0 bridgehead atoms. The van der Waals surface area contributed by atoms with Crippen LogP contribution in [0.3, 0.4) is 0 Å². The van der Waals surface area contributed by atoms with Gasteiger partial charge < -0.3 is 16.0 Å². The minimum absolute atomic E-state index is 0.101. The lowest BCUT2D eigenvalue weighted by molar-refractivity contribution is -0.113. The Morgan fingerprint density at radius 3 is 2.66 bits per heavy atom. The highest BCUT2D eigenvalue weighted by Crippen LogP contribution is 2.43. The maximum atomic E-state index is 14.7. The Labute approximate surface area is 174 Å². The lowest BCUT2D eigenvalue weighted by Crippen LogP contribution is -2.20. The average Bonchev–Trinajstić information content (AvgIpc) is 3.32. The molecule has 0 spiro atoms. The third-order valence-corrected chi connectivity index (χ3v) is 6.36. The molecule has 2 aromatic rings. The molecule has 1 atom stereocenters. The van der Waals surface area contributed by atoms with E-state index in [0.29, 0.717) is 46.0 Å². The number of hydrogen-bond acceptors (Lipinski definition) is 4. The van der Waals surface area contributed by atoms with Gasteiger partial charge in [-0.1, -0.05) is 23.4 Å². The van der Waals surface area contributed by atoms with Gasteiger partial charge in [-0.2, -0.15) is 0 Å². The first-order valence-corrected chi connectivity index (χ1v) is 10.2. The second-order valence-corrected chi connectivity index (χ2v) is 8.16. The monoisotopic (exact) mass is 435 g/mol. The quantitative estimate of drug-likeness (QED) is 0.755. The van der Waals surface area contributed by atoms with Gasteiger partial charge in [-0.05, 0) is 48.7 Å². The topological polar surface area (TPSA) is 75.4 Å². The summed E-state index contributed by atoms with van der Waals surface area (Å²) >= 11 is 7.07. The van der Waals surface area contributed by atoms with Gasteiger partial charge in [-0.3, -0.25) is 9.59 Å². The number of amides is 2. The van der Waals surface area contributed by atoms with Crippen molar-refractivity contribution in [2.75, 3.05) is 11.2 Å². The maximum Gasteiger partial charge on any atom is 0.256 e. The van der Waals surface area contributed by atoms with Gasteiger partial charge in [-0.15, -0.1) is 0 Å². The number of hydrogen-bond donors (Lipinski definition) is 2. The van der Waals surface area contributed by atoms with Crippen LogP contribution in [0, 0.1) is 11.6 Å². The van der Waals surface area contributed by atoms with Crippen molar-refractivity contribution in [2.45, 2.75) is 18.9 Å². The van der Waals surface area contributed by atoms with Crippen molar-refractivity contribution in [2.24, 2.45) is 5.73 Å². The average molecular weight is 436 g/mol. The van der Waals surface area contributed by atoms with Gasteiger partial charge in [0, 0.05) is 23.0 Å². The van der Waals surface area contributed by atoms with Gasteiger partial charge >= 0.3 is 0 Å². The Bertz CT molecular complexity index is 1060. The van der Waals surface area contributed by atoms with Crippen LogP contribution in [0.15, 0.2) is 41.4 Å². The highest BCUT2D eigenvalue weighted by Gasteiger charge is 2.35. The number of rotatable bonds is 4. The Balaban J connectivity index is 1.63. The maximum absolute atomic E-state index is 14.7. The molecular weight excluding hydrogens is 420 g/mol. The fourth-order valence-electron chi connectivity index (χ4n) is 3.69. The largest absolute Gasteiger partial charge is 0.365 e. The third kappa shape index (κ3) is 3.70. The van der Waals surface area contributed by atoms with Crippen molar-refractivity contribution in [1.29, 1.82) is 0 Å². The molecule has 0 saturated carbocycles. The van der Waals surface area contributed by atoms with Gasteiger partial charge in [0.25, 0.3) is 11.8 Å². The van der Waals surface area contributed by atoms with E-state index in [0.717, 1.165) is 6.07 Å². The summed E-state index contributed by atoms with van der Waals surface area (Å²) in [6.07, 6.45) is 2.78. The van der Waals surface area contributed by atoms with E-state index in [2.05, 4.69) is 5.32 Å². The molecule has 0 saturated heterocycles. The van der Waals surface area contributed by atoms with E-state index < -0.39 is 23.4 Å². The molecule has 0 aromatic heterocycles. The van der Waals surface area contributed by atoms with E-state index >= 15 is 0 Å². The van der Waals surface area contributed by atoms with Crippen LogP contribution < -0.4 is 11.1 Å². The summed E-state index contributed by atoms with van der Waals surface area (Å²) in [6, 6.07) is 6.33. The van der Waals surface area contributed by atoms with Crippen molar-refractivity contribution in [1.82, 2.24) is 4.90 Å². The van der Waals surface area contributed by atoms with E-state index in [1.807, 2.05) is 4.90 Å². The van der Waals surface area contributed by atoms with Crippen molar-refractivity contribution in [3.05, 3.63) is 74.8 Å². The molecule has 150 valence electrons. The number of anilines is 1. The lowest BCUT2D eigenvalue weighted by Gasteiger charge is -2.24. The molecule has 0 fully saturated rings. The molecule has 0 radical (unpaired) electrons. The first-order chi connectivity index (χ1) is 13.8. The number of carbonyl (C=O) groups is 2. The Morgan fingerprint density at radius 2 is 1.97 bits per heavy atom. The molecule has 29 heavy (non-hydrogen) atoms. The zero-order valence-corrected chi connectivity index (χ0v) is 16.6. The third-order valence-electron chi connectivity index (χ3n) is 5.02. The van der Waals surface area contributed by atoms with E-state index in [1.54, 1.807) is 6.20 Å². The minimum atomic E-state index is -0.581. The molecule has 2 aromatic carbocycles. The number of carbonyl (C=O) groups excluding carboxylic acids is 2. The van der Waals surface area contributed by atoms with E-state index in [-0.39, 0.29) is 11.1 Å². The summed E-state index contributed by atoms with van der Waals surface area (Å²) in [7, 11) is 0. The standard InChI is InChI=1S/C20H16ClF2N3O2S/c21-13-7-10(1-4-14(13)22)25-20(28)12-2-5-15(23)18-11(12)3-6-16(18)26-8-17(19(24)27)29-9-26/h1-2,4-5,7-8,16H,3,6,9H2,(H2,24,27)(H,25,28)/t16-/m0/s1. The van der Waals surface area contributed by atoms with Gasteiger partial charge in [0.15, 0.2) is 0 Å². The molecular formula is C20H16ClF2N3O2S.